The number of rotatable bonds is 6. The van der Waals surface area contributed by atoms with Gasteiger partial charge in [-0.3, -0.25) is 9.47 Å². The summed E-state index contributed by atoms with van der Waals surface area (Å²) in [6, 6.07) is 5.41. The van der Waals surface area contributed by atoms with Crippen molar-refractivity contribution >= 4 is 29.9 Å². The first-order valence-corrected chi connectivity index (χ1v) is 11.0. The minimum absolute atomic E-state index is 0. The molecule has 1 unspecified atom stereocenters. The van der Waals surface area contributed by atoms with Crippen LogP contribution in [0.5, 0.6) is 0 Å². The first-order valence-electron chi connectivity index (χ1n) is 11.0. The topological polar surface area (TPSA) is 70.4 Å². The minimum Gasteiger partial charge on any atom is -0.357 e. The summed E-state index contributed by atoms with van der Waals surface area (Å²) >= 11 is 0. The predicted molar refractivity (Wildman–Crippen MR) is 132 cm³/mol. The Morgan fingerprint density at radius 2 is 2.03 bits per heavy atom. The van der Waals surface area contributed by atoms with Gasteiger partial charge in [0.1, 0.15) is 11.6 Å². The van der Waals surface area contributed by atoms with E-state index in [4.69, 9.17) is 4.99 Å². The Hall–Kier alpha value is -1.68. The van der Waals surface area contributed by atoms with Crippen molar-refractivity contribution < 1.29 is 0 Å². The van der Waals surface area contributed by atoms with E-state index >= 15 is 0 Å². The van der Waals surface area contributed by atoms with Crippen LogP contribution < -0.4 is 10.6 Å². The lowest BCUT2D eigenvalue weighted by Gasteiger charge is -2.24. The fourth-order valence-corrected chi connectivity index (χ4v) is 4.46. The number of hydrogen-bond acceptors (Lipinski definition) is 4. The van der Waals surface area contributed by atoms with Crippen LogP contribution in [0.3, 0.4) is 0 Å². The standard InChI is InChI=1S/C22H33N7.HI/c1-3-23-22(27-19-10-12-28(16-19)20-6-4-5-7-20)26-15-18-8-9-21(25-14-18)29-13-11-24-17(29)2;/h8-9,11,13-14,19-20H,3-7,10,12,15-16H2,1-2H3,(H2,23,26,27);1H. The number of halogens is 1. The molecule has 8 heteroatoms. The van der Waals surface area contributed by atoms with E-state index in [0.29, 0.717) is 12.6 Å². The Labute approximate surface area is 196 Å². The summed E-state index contributed by atoms with van der Waals surface area (Å²) in [5.41, 5.74) is 1.10. The molecule has 2 aliphatic rings. The van der Waals surface area contributed by atoms with Gasteiger partial charge in [0.15, 0.2) is 5.96 Å². The zero-order chi connectivity index (χ0) is 20.1. The Morgan fingerprint density at radius 1 is 1.20 bits per heavy atom. The SMILES string of the molecule is CCNC(=NCc1ccc(-n2ccnc2C)nc1)NC1CCN(C2CCCC2)C1.I. The number of nitrogens with one attached hydrogen (secondary N) is 2. The van der Waals surface area contributed by atoms with Crippen molar-refractivity contribution in [1.29, 1.82) is 0 Å². The molecule has 2 aromatic heterocycles. The lowest BCUT2D eigenvalue weighted by atomic mass is 10.2. The maximum atomic E-state index is 4.80. The fraction of sp³-hybridized carbons (Fsp3) is 0.591. The molecule has 1 atom stereocenters. The van der Waals surface area contributed by atoms with Crippen molar-refractivity contribution in [2.75, 3.05) is 19.6 Å². The molecule has 0 radical (unpaired) electrons. The zero-order valence-electron chi connectivity index (χ0n) is 18.0. The third-order valence-electron chi connectivity index (χ3n) is 6.05. The van der Waals surface area contributed by atoms with Gasteiger partial charge >= 0.3 is 0 Å². The van der Waals surface area contributed by atoms with Crippen LogP contribution in [0.15, 0.2) is 35.7 Å². The monoisotopic (exact) mass is 523 g/mol. The van der Waals surface area contributed by atoms with Crippen molar-refractivity contribution in [2.24, 2.45) is 4.99 Å². The van der Waals surface area contributed by atoms with E-state index < -0.39 is 0 Å². The van der Waals surface area contributed by atoms with Gasteiger partial charge in [-0.15, -0.1) is 24.0 Å². The van der Waals surface area contributed by atoms with Crippen LogP contribution in [0.1, 0.15) is 50.4 Å². The van der Waals surface area contributed by atoms with E-state index in [9.17, 15) is 0 Å². The molecule has 2 aromatic rings. The van der Waals surface area contributed by atoms with Crippen molar-refractivity contribution in [3.05, 3.63) is 42.1 Å². The molecule has 2 N–H and O–H groups in total. The quantitative estimate of drug-likeness (QED) is 0.346. The highest BCUT2D eigenvalue weighted by Crippen LogP contribution is 2.26. The lowest BCUT2D eigenvalue weighted by molar-refractivity contribution is 0.242. The number of aromatic nitrogens is 3. The largest absolute Gasteiger partial charge is 0.357 e. The number of hydrogen-bond donors (Lipinski definition) is 2. The van der Waals surface area contributed by atoms with E-state index in [2.05, 4.69) is 38.5 Å². The highest BCUT2D eigenvalue weighted by Gasteiger charge is 2.30. The van der Waals surface area contributed by atoms with Crippen molar-refractivity contribution in [3.63, 3.8) is 0 Å². The van der Waals surface area contributed by atoms with Gasteiger partial charge in [0.25, 0.3) is 0 Å². The zero-order valence-corrected chi connectivity index (χ0v) is 20.4. The van der Waals surface area contributed by atoms with Crippen molar-refractivity contribution in [1.82, 2.24) is 30.1 Å². The predicted octanol–water partition coefficient (Wildman–Crippen LogP) is 3.27. The molecule has 30 heavy (non-hydrogen) atoms. The molecule has 0 spiro atoms. The number of aryl methyl sites for hydroxylation is 1. The molecule has 4 rings (SSSR count). The molecular formula is C22H34IN7. The molecule has 0 amide bonds. The van der Waals surface area contributed by atoms with Crippen LogP contribution in [-0.2, 0) is 6.54 Å². The molecule has 1 aliphatic carbocycles. The number of nitrogens with zero attached hydrogens (tertiary/aromatic N) is 5. The first-order chi connectivity index (χ1) is 14.2. The Morgan fingerprint density at radius 3 is 2.70 bits per heavy atom. The minimum atomic E-state index is 0. The average Bonchev–Trinajstić information content (AvgIpc) is 3.48. The summed E-state index contributed by atoms with van der Waals surface area (Å²) < 4.78 is 1.98. The van der Waals surface area contributed by atoms with Crippen LogP contribution in [0, 0.1) is 6.92 Å². The number of guanidine groups is 1. The highest BCUT2D eigenvalue weighted by molar-refractivity contribution is 14.0. The summed E-state index contributed by atoms with van der Waals surface area (Å²) in [6.07, 6.45) is 12.4. The van der Waals surface area contributed by atoms with Gasteiger partial charge in [0.05, 0.1) is 6.54 Å². The number of aliphatic imine (C=N–C) groups is 1. The second-order valence-corrected chi connectivity index (χ2v) is 8.13. The van der Waals surface area contributed by atoms with Crippen LogP contribution in [0.2, 0.25) is 0 Å². The second kappa shape index (κ2) is 11.1. The van der Waals surface area contributed by atoms with Crippen LogP contribution in [-0.4, -0.2) is 57.1 Å². The molecule has 0 aromatic carbocycles. The van der Waals surface area contributed by atoms with Gasteiger partial charge in [-0.05, 0) is 44.7 Å². The fourth-order valence-electron chi connectivity index (χ4n) is 4.46. The summed E-state index contributed by atoms with van der Waals surface area (Å²) in [6.45, 7) is 7.91. The van der Waals surface area contributed by atoms with Gasteiger partial charge in [-0.2, -0.15) is 0 Å². The number of pyridine rings is 1. The van der Waals surface area contributed by atoms with E-state index in [-0.39, 0.29) is 24.0 Å². The molecule has 164 valence electrons. The maximum absolute atomic E-state index is 4.80. The van der Waals surface area contributed by atoms with E-state index in [1.807, 2.05) is 30.0 Å². The van der Waals surface area contributed by atoms with Crippen molar-refractivity contribution in [2.45, 2.75) is 64.6 Å². The Bertz CT molecular complexity index is 811. The van der Waals surface area contributed by atoms with Crippen LogP contribution >= 0.6 is 24.0 Å². The summed E-state index contributed by atoms with van der Waals surface area (Å²) in [5, 5.41) is 7.04. The van der Waals surface area contributed by atoms with E-state index in [1.54, 1.807) is 6.20 Å². The summed E-state index contributed by atoms with van der Waals surface area (Å²) in [7, 11) is 0. The third-order valence-corrected chi connectivity index (χ3v) is 6.05. The molecule has 1 aliphatic heterocycles. The number of likely N-dealkylation sites (tertiary alicyclic amines) is 1. The van der Waals surface area contributed by atoms with E-state index in [0.717, 1.165) is 42.3 Å². The van der Waals surface area contributed by atoms with Crippen LogP contribution in [0.25, 0.3) is 5.82 Å². The van der Waals surface area contributed by atoms with Gasteiger partial charge in [-0.1, -0.05) is 18.9 Å². The first kappa shape index (κ1) is 23.0. The molecule has 1 saturated heterocycles. The van der Waals surface area contributed by atoms with Crippen molar-refractivity contribution in [3.8, 4) is 5.82 Å². The maximum Gasteiger partial charge on any atom is 0.191 e. The normalized spacial score (nSPS) is 20.3. The molecule has 3 heterocycles. The highest BCUT2D eigenvalue weighted by atomic mass is 127. The molecule has 7 nitrogen and oxygen atoms in total. The molecule has 0 bridgehead atoms. The number of imidazole rings is 1. The van der Waals surface area contributed by atoms with Gasteiger partial charge in [-0.25, -0.2) is 15.0 Å². The van der Waals surface area contributed by atoms with Gasteiger partial charge in [0.2, 0.25) is 0 Å². The smallest absolute Gasteiger partial charge is 0.191 e. The molecule has 2 fully saturated rings. The third kappa shape index (κ3) is 5.72. The van der Waals surface area contributed by atoms with Gasteiger partial charge in [0, 0.05) is 50.3 Å². The summed E-state index contributed by atoms with van der Waals surface area (Å²) in [4.78, 5) is 16.3. The second-order valence-electron chi connectivity index (χ2n) is 8.13. The van der Waals surface area contributed by atoms with Gasteiger partial charge < -0.3 is 10.6 Å². The van der Waals surface area contributed by atoms with E-state index in [1.165, 1.54) is 38.6 Å². The Kier molecular flexibility index (Phi) is 8.50. The lowest BCUT2D eigenvalue weighted by Crippen LogP contribution is -2.45. The van der Waals surface area contributed by atoms with Crippen LogP contribution in [0.4, 0.5) is 0 Å². The molecular weight excluding hydrogens is 489 g/mol. The average molecular weight is 523 g/mol. The molecule has 1 saturated carbocycles. The summed E-state index contributed by atoms with van der Waals surface area (Å²) in [5.74, 6) is 2.72. The Balaban J connectivity index is 0.00000256.